The molecule has 0 bridgehead atoms. The molecule has 3 aromatic carbocycles. The molecule has 1 N–H and O–H groups in total. The van der Waals surface area contributed by atoms with E-state index in [1.54, 1.807) is 12.1 Å². The van der Waals surface area contributed by atoms with Crippen molar-refractivity contribution < 1.29 is 29.0 Å². The Bertz CT molecular complexity index is 1240. The lowest BCUT2D eigenvalue weighted by atomic mass is 9.99. The number of hydrogen-bond acceptors (Lipinski definition) is 5. The van der Waals surface area contributed by atoms with Gasteiger partial charge in [-0.3, -0.25) is 4.79 Å². The second-order valence-corrected chi connectivity index (χ2v) is 7.21. The Hall–Kier alpha value is -4.19. The summed E-state index contributed by atoms with van der Waals surface area (Å²) in [7, 11) is 0. The number of fused-ring (bicyclic) bond motifs is 3. The minimum Gasteiger partial charge on any atom is -0.489 e. The predicted octanol–water partition coefficient (Wildman–Crippen LogP) is 4.56. The molecular weight excluding hydrogens is 408 g/mol. The normalized spacial score (nSPS) is 11.2. The molecule has 0 spiro atoms. The number of benzene rings is 3. The smallest absolute Gasteiger partial charge is 0.339 e. The Kier molecular flexibility index (Phi) is 5.85. The van der Waals surface area contributed by atoms with E-state index in [9.17, 15) is 19.5 Å². The summed E-state index contributed by atoms with van der Waals surface area (Å²) in [6.07, 6.45) is 1.87. The summed E-state index contributed by atoms with van der Waals surface area (Å²) in [5.74, 6) is -1.77. The molecule has 0 aliphatic heterocycles. The Morgan fingerprint density at radius 3 is 2.34 bits per heavy atom. The Morgan fingerprint density at radius 1 is 0.875 bits per heavy atom. The molecular formula is C26H20O6. The van der Waals surface area contributed by atoms with Crippen LogP contribution in [-0.2, 0) is 11.2 Å². The number of carbonyl (C=O) groups is 3. The molecule has 1 aliphatic rings. The lowest BCUT2D eigenvalue weighted by Crippen LogP contribution is -2.16. The molecule has 0 atom stereocenters. The van der Waals surface area contributed by atoms with Gasteiger partial charge in [0, 0.05) is 12.0 Å². The fraction of sp³-hybridized carbons (Fsp3) is 0.115. The Labute approximate surface area is 184 Å². The molecule has 0 unspecified atom stereocenters. The van der Waals surface area contributed by atoms with Crippen molar-refractivity contribution in [3.8, 4) is 16.9 Å². The lowest BCUT2D eigenvalue weighted by Gasteiger charge is -2.15. The number of ether oxygens (including phenoxy) is 2. The molecule has 4 rings (SSSR count). The van der Waals surface area contributed by atoms with Crippen LogP contribution in [0.15, 0.2) is 73.3 Å². The number of aromatic carboxylic acids is 1. The number of hydrogen-bond donors (Lipinski definition) is 1. The molecule has 0 radical (unpaired) electrons. The first-order chi connectivity index (χ1) is 15.5. The highest BCUT2D eigenvalue weighted by Crippen LogP contribution is 2.43. The van der Waals surface area contributed by atoms with Gasteiger partial charge in [-0.2, -0.15) is 0 Å². The predicted molar refractivity (Wildman–Crippen MR) is 118 cm³/mol. The van der Waals surface area contributed by atoms with Gasteiger partial charge in [-0.25, -0.2) is 9.59 Å². The Balaban J connectivity index is 1.51. The van der Waals surface area contributed by atoms with Crippen molar-refractivity contribution >= 4 is 17.7 Å². The molecule has 6 heteroatoms. The van der Waals surface area contributed by atoms with Crippen molar-refractivity contribution in [1.82, 2.24) is 0 Å². The van der Waals surface area contributed by atoms with Gasteiger partial charge in [0.05, 0.1) is 16.7 Å². The minimum absolute atomic E-state index is 0.00516. The zero-order valence-corrected chi connectivity index (χ0v) is 17.2. The molecule has 0 amide bonds. The average molecular weight is 428 g/mol. The van der Waals surface area contributed by atoms with Crippen molar-refractivity contribution in [2.75, 3.05) is 13.2 Å². The standard InChI is InChI=1S/C26H20O6/c1-2-23(27)21-12-11-18-17-8-4-3-7-16(17)15-22(18)24(21)31-13-14-32-26(30)20-10-6-5-9-19(20)25(28)29/h2-12H,1,13-15H2,(H,28,29). The summed E-state index contributed by atoms with van der Waals surface area (Å²) in [5, 5.41) is 9.23. The largest absolute Gasteiger partial charge is 0.489 e. The molecule has 6 nitrogen and oxygen atoms in total. The fourth-order valence-electron chi connectivity index (χ4n) is 3.86. The van der Waals surface area contributed by atoms with Crippen LogP contribution >= 0.6 is 0 Å². The average Bonchev–Trinajstić information content (AvgIpc) is 3.20. The van der Waals surface area contributed by atoms with E-state index in [2.05, 4.69) is 6.58 Å². The minimum atomic E-state index is -1.21. The maximum Gasteiger partial charge on any atom is 0.339 e. The van der Waals surface area contributed by atoms with Crippen molar-refractivity contribution in [2.45, 2.75) is 6.42 Å². The van der Waals surface area contributed by atoms with Crippen LogP contribution in [0.1, 0.15) is 42.2 Å². The van der Waals surface area contributed by atoms with Gasteiger partial charge in [0.25, 0.3) is 0 Å². The lowest BCUT2D eigenvalue weighted by molar-refractivity contribution is 0.0441. The summed E-state index contributed by atoms with van der Waals surface area (Å²) in [5.41, 5.74) is 4.39. The summed E-state index contributed by atoms with van der Waals surface area (Å²) >= 11 is 0. The number of ketones is 1. The molecule has 1 aliphatic carbocycles. The van der Waals surface area contributed by atoms with Crippen molar-refractivity contribution in [3.63, 3.8) is 0 Å². The van der Waals surface area contributed by atoms with E-state index in [1.807, 2.05) is 30.3 Å². The van der Waals surface area contributed by atoms with Gasteiger partial charge >= 0.3 is 11.9 Å². The first-order valence-corrected chi connectivity index (χ1v) is 10.0. The maximum atomic E-state index is 12.4. The second-order valence-electron chi connectivity index (χ2n) is 7.21. The van der Waals surface area contributed by atoms with E-state index in [0.717, 1.165) is 22.3 Å². The van der Waals surface area contributed by atoms with E-state index >= 15 is 0 Å². The number of rotatable bonds is 8. The third-order valence-corrected chi connectivity index (χ3v) is 5.33. The molecule has 3 aromatic rings. The van der Waals surface area contributed by atoms with E-state index in [-0.39, 0.29) is 30.1 Å². The zero-order valence-electron chi connectivity index (χ0n) is 17.2. The number of carbonyl (C=O) groups excluding carboxylic acids is 2. The van der Waals surface area contributed by atoms with Crippen LogP contribution in [-0.4, -0.2) is 36.0 Å². The van der Waals surface area contributed by atoms with Crippen LogP contribution in [0.25, 0.3) is 11.1 Å². The van der Waals surface area contributed by atoms with E-state index in [0.29, 0.717) is 17.7 Å². The number of carboxylic acids is 1. The van der Waals surface area contributed by atoms with E-state index in [1.165, 1.54) is 24.3 Å². The van der Waals surface area contributed by atoms with Gasteiger partial charge < -0.3 is 14.6 Å². The molecule has 0 aromatic heterocycles. The van der Waals surface area contributed by atoms with Gasteiger partial charge in [-0.05, 0) is 41.0 Å². The highest BCUT2D eigenvalue weighted by Gasteiger charge is 2.25. The number of esters is 1. The first kappa shape index (κ1) is 21.1. The molecule has 0 saturated heterocycles. The van der Waals surface area contributed by atoms with Crippen LogP contribution < -0.4 is 4.74 Å². The van der Waals surface area contributed by atoms with Gasteiger partial charge in [0.2, 0.25) is 0 Å². The van der Waals surface area contributed by atoms with Crippen LogP contribution in [0.5, 0.6) is 5.75 Å². The number of allylic oxidation sites excluding steroid dienone is 1. The van der Waals surface area contributed by atoms with Crippen LogP contribution in [0.4, 0.5) is 0 Å². The van der Waals surface area contributed by atoms with E-state index < -0.39 is 11.9 Å². The number of carboxylic acid groups (broad SMARTS) is 1. The van der Waals surface area contributed by atoms with Gasteiger partial charge in [-0.15, -0.1) is 0 Å². The summed E-state index contributed by atoms with van der Waals surface area (Å²) in [4.78, 5) is 36.0. The third-order valence-electron chi connectivity index (χ3n) is 5.33. The SMILES string of the molecule is C=CC(=O)c1ccc2c(c1OCCOC(=O)c1ccccc1C(=O)O)Cc1ccccc1-2. The zero-order chi connectivity index (χ0) is 22.7. The molecule has 0 saturated carbocycles. The molecule has 0 fully saturated rings. The van der Waals surface area contributed by atoms with Crippen LogP contribution in [0.2, 0.25) is 0 Å². The highest BCUT2D eigenvalue weighted by molar-refractivity contribution is 6.07. The van der Waals surface area contributed by atoms with Crippen molar-refractivity contribution in [2.24, 2.45) is 0 Å². The first-order valence-electron chi connectivity index (χ1n) is 10.0. The summed E-state index contributed by atoms with van der Waals surface area (Å²) < 4.78 is 11.2. The van der Waals surface area contributed by atoms with Crippen molar-refractivity contribution in [3.05, 3.63) is 101 Å². The monoisotopic (exact) mass is 428 g/mol. The van der Waals surface area contributed by atoms with Crippen LogP contribution in [0, 0.1) is 0 Å². The topological polar surface area (TPSA) is 89.9 Å². The molecule has 160 valence electrons. The quantitative estimate of drug-likeness (QED) is 0.192. The van der Waals surface area contributed by atoms with Crippen LogP contribution in [0.3, 0.4) is 0 Å². The third kappa shape index (κ3) is 3.90. The van der Waals surface area contributed by atoms with E-state index in [4.69, 9.17) is 9.47 Å². The Morgan fingerprint density at radius 2 is 1.59 bits per heavy atom. The fourth-order valence-corrected chi connectivity index (χ4v) is 3.86. The van der Waals surface area contributed by atoms with Gasteiger partial charge in [-0.1, -0.05) is 49.0 Å². The van der Waals surface area contributed by atoms with Gasteiger partial charge in [0.1, 0.15) is 19.0 Å². The van der Waals surface area contributed by atoms with Crippen molar-refractivity contribution in [1.29, 1.82) is 0 Å². The maximum absolute atomic E-state index is 12.4. The molecule has 0 heterocycles. The molecule has 32 heavy (non-hydrogen) atoms. The van der Waals surface area contributed by atoms with Gasteiger partial charge in [0.15, 0.2) is 5.78 Å². The summed E-state index contributed by atoms with van der Waals surface area (Å²) in [6.45, 7) is 3.46. The summed E-state index contributed by atoms with van der Waals surface area (Å²) in [6, 6.07) is 17.5. The second kappa shape index (κ2) is 8.89. The highest BCUT2D eigenvalue weighted by atomic mass is 16.6.